The number of aliphatic hydroxyl groups excluding tert-OH is 1. The van der Waals surface area contributed by atoms with Gasteiger partial charge in [-0.15, -0.1) is 0 Å². The Bertz CT molecular complexity index is 826. The molecule has 124 valence electrons. The minimum atomic E-state index is 0.0499. The molecule has 2 aromatic heterocycles. The lowest BCUT2D eigenvalue weighted by Gasteiger charge is -2.20. The van der Waals surface area contributed by atoms with Gasteiger partial charge in [0, 0.05) is 12.1 Å². The molecule has 0 aliphatic carbocycles. The van der Waals surface area contributed by atoms with E-state index in [1.807, 2.05) is 33.8 Å². The Balaban J connectivity index is 1.60. The van der Waals surface area contributed by atoms with Crippen LogP contribution in [-0.4, -0.2) is 41.7 Å². The minimum Gasteiger partial charge on any atom is -0.394 e. The first-order chi connectivity index (χ1) is 11.8. The van der Waals surface area contributed by atoms with Crippen LogP contribution in [0.15, 0.2) is 36.5 Å². The summed E-state index contributed by atoms with van der Waals surface area (Å²) in [5.74, 6) is 0.748. The molecule has 0 spiro atoms. The van der Waals surface area contributed by atoms with E-state index in [-0.39, 0.29) is 12.6 Å². The second kappa shape index (κ2) is 6.04. The largest absolute Gasteiger partial charge is 0.394 e. The predicted octanol–water partition coefficient (Wildman–Crippen LogP) is 0.991. The summed E-state index contributed by atoms with van der Waals surface area (Å²) in [4.78, 5) is 2.14. The first-order valence-corrected chi connectivity index (χ1v) is 8.00. The molecule has 0 radical (unpaired) electrons. The molecule has 0 saturated heterocycles. The summed E-state index contributed by atoms with van der Waals surface area (Å²) >= 11 is 0. The van der Waals surface area contributed by atoms with Gasteiger partial charge in [0.25, 0.3) is 0 Å². The molecule has 3 aromatic rings. The van der Waals surface area contributed by atoms with Crippen LogP contribution in [0.4, 0.5) is 5.95 Å². The molecule has 0 unspecified atom stereocenters. The summed E-state index contributed by atoms with van der Waals surface area (Å²) in [5.41, 5.74) is 3.44. The van der Waals surface area contributed by atoms with Crippen molar-refractivity contribution in [2.45, 2.75) is 32.6 Å². The summed E-state index contributed by atoms with van der Waals surface area (Å²) in [6.45, 7) is 4.09. The lowest BCUT2D eigenvalue weighted by molar-refractivity contribution is 0.267. The fourth-order valence-electron chi connectivity index (χ4n) is 3.16. The molecule has 0 bridgehead atoms. The van der Waals surface area contributed by atoms with Crippen LogP contribution in [0, 0.1) is 0 Å². The van der Waals surface area contributed by atoms with Gasteiger partial charge in [0.2, 0.25) is 5.95 Å². The fourth-order valence-corrected chi connectivity index (χ4v) is 3.16. The molecule has 1 N–H and O–H groups in total. The van der Waals surface area contributed by atoms with E-state index in [1.165, 1.54) is 0 Å². The molecular weight excluding hydrogens is 306 g/mol. The van der Waals surface area contributed by atoms with E-state index < -0.39 is 0 Å². The van der Waals surface area contributed by atoms with Crippen LogP contribution in [0.2, 0.25) is 0 Å². The number of nitrogens with zero attached hydrogens (tertiary/aromatic N) is 7. The summed E-state index contributed by atoms with van der Waals surface area (Å²) in [7, 11) is 0. The molecule has 8 nitrogen and oxygen atoms in total. The molecule has 3 heterocycles. The highest BCUT2D eigenvalue weighted by molar-refractivity contribution is 5.40. The number of tetrazole rings is 1. The Kier molecular flexibility index (Phi) is 3.73. The molecule has 24 heavy (non-hydrogen) atoms. The van der Waals surface area contributed by atoms with E-state index in [0.29, 0.717) is 13.1 Å². The van der Waals surface area contributed by atoms with Crippen LogP contribution < -0.4 is 4.90 Å². The number of anilines is 1. The van der Waals surface area contributed by atoms with E-state index >= 15 is 0 Å². The van der Waals surface area contributed by atoms with Crippen LogP contribution in [0.25, 0.3) is 0 Å². The topological polar surface area (TPSA) is 84.9 Å². The molecule has 4 rings (SSSR count). The SMILES string of the molecule is C[C@H](c1ccccc1)n1nnnc1N1Cc2cnn(CCO)c2C1. The van der Waals surface area contributed by atoms with Crippen molar-refractivity contribution in [3.05, 3.63) is 53.3 Å². The van der Waals surface area contributed by atoms with Crippen molar-refractivity contribution in [1.29, 1.82) is 0 Å². The van der Waals surface area contributed by atoms with Crippen molar-refractivity contribution in [2.75, 3.05) is 11.5 Å². The maximum absolute atomic E-state index is 9.15. The Morgan fingerprint density at radius 3 is 2.83 bits per heavy atom. The molecular formula is C16H19N7O. The van der Waals surface area contributed by atoms with Crippen molar-refractivity contribution < 1.29 is 5.11 Å². The monoisotopic (exact) mass is 325 g/mol. The van der Waals surface area contributed by atoms with E-state index in [1.54, 1.807) is 0 Å². The van der Waals surface area contributed by atoms with Gasteiger partial charge >= 0.3 is 0 Å². The van der Waals surface area contributed by atoms with Gasteiger partial charge in [-0.1, -0.05) is 35.4 Å². The Morgan fingerprint density at radius 1 is 1.21 bits per heavy atom. The summed E-state index contributed by atoms with van der Waals surface area (Å²) in [6.07, 6.45) is 1.86. The van der Waals surface area contributed by atoms with Crippen molar-refractivity contribution in [3.63, 3.8) is 0 Å². The lowest BCUT2D eigenvalue weighted by Crippen LogP contribution is -2.23. The van der Waals surface area contributed by atoms with Crippen LogP contribution in [-0.2, 0) is 19.6 Å². The molecule has 1 aromatic carbocycles. The molecule has 0 fully saturated rings. The van der Waals surface area contributed by atoms with Crippen LogP contribution in [0.3, 0.4) is 0 Å². The number of rotatable bonds is 5. The highest BCUT2D eigenvalue weighted by atomic mass is 16.3. The number of benzene rings is 1. The first-order valence-electron chi connectivity index (χ1n) is 8.00. The average Bonchev–Trinajstić information content (AvgIpc) is 3.31. The van der Waals surface area contributed by atoms with Gasteiger partial charge in [-0.3, -0.25) is 4.68 Å². The highest BCUT2D eigenvalue weighted by Crippen LogP contribution is 2.29. The van der Waals surface area contributed by atoms with Crippen LogP contribution in [0.5, 0.6) is 0 Å². The summed E-state index contributed by atoms with van der Waals surface area (Å²) in [6, 6.07) is 10.2. The predicted molar refractivity (Wildman–Crippen MR) is 87.3 cm³/mol. The minimum absolute atomic E-state index is 0.0499. The standard InChI is InChI=1S/C16H19N7O/c1-12(13-5-3-2-4-6-13)23-16(18-19-20-23)21-10-14-9-17-22(7-8-24)15(14)11-21/h2-6,9,12,24H,7-8,10-11H2,1H3/t12-/m1/s1. The average molecular weight is 325 g/mol. The van der Waals surface area contributed by atoms with Gasteiger partial charge in [-0.05, 0) is 22.9 Å². The van der Waals surface area contributed by atoms with E-state index in [2.05, 4.69) is 44.6 Å². The molecule has 1 aliphatic rings. The second-order valence-corrected chi connectivity index (χ2v) is 5.93. The normalized spacial score (nSPS) is 14.8. The van der Waals surface area contributed by atoms with Crippen molar-refractivity contribution in [3.8, 4) is 0 Å². The first kappa shape index (κ1) is 14.8. The van der Waals surface area contributed by atoms with Crippen LogP contribution in [0.1, 0.15) is 29.8 Å². The van der Waals surface area contributed by atoms with E-state index in [4.69, 9.17) is 5.11 Å². The third kappa shape index (κ3) is 2.44. The zero-order valence-electron chi connectivity index (χ0n) is 13.4. The lowest BCUT2D eigenvalue weighted by atomic mass is 10.1. The van der Waals surface area contributed by atoms with Crippen molar-refractivity contribution >= 4 is 5.95 Å². The molecule has 0 amide bonds. The van der Waals surface area contributed by atoms with E-state index in [9.17, 15) is 0 Å². The molecule has 0 saturated carbocycles. The molecule has 1 atom stereocenters. The maximum Gasteiger partial charge on any atom is 0.246 e. The summed E-state index contributed by atoms with van der Waals surface area (Å²) < 4.78 is 3.70. The van der Waals surface area contributed by atoms with Gasteiger partial charge < -0.3 is 10.0 Å². The Hall–Kier alpha value is -2.74. The highest BCUT2D eigenvalue weighted by Gasteiger charge is 2.28. The smallest absolute Gasteiger partial charge is 0.246 e. The second-order valence-electron chi connectivity index (χ2n) is 5.93. The zero-order valence-corrected chi connectivity index (χ0v) is 13.4. The quantitative estimate of drug-likeness (QED) is 0.753. The zero-order chi connectivity index (χ0) is 16.5. The van der Waals surface area contributed by atoms with Gasteiger partial charge in [0.15, 0.2) is 0 Å². The number of aliphatic hydroxyl groups is 1. The fraction of sp³-hybridized carbons (Fsp3) is 0.375. The number of hydrogen-bond donors (Lipinski definition) is 1. The van der Waals surface area contributed by atoms with Crippen molar-refractivity contribution in [1.82, 2.24) is 30.0 Å². The molecule has 8 heteroatoms. The third-order valence-electron chi connectivity index (χ3n) is 4.46. The van der Waals surface area contributed by atoms with Gasteiger partial charge in [-0.25, -0.2) is 4.68 Å². The Labute approximate surface area is 139 Å². The molecule has 1 aliphatic heterocycles. The van der Waals surface area contributed by atoms with Crippen molar-refractivity contribution in [2.24, 2.45) is 0 Å². The van der Waals surface area contributed by atoms with Gasteiger partial charge in [0.05, 0.1) is 37.6 Å². The van der Waals surface area contributed by atoms with Crippen LogP contribution >= 0.6 is 0 Å². The van der Waals surface area contributed by atoms with Gasteiger partial charge in [0.1, 0.15) is 0 Å². The third-order valence-corrected chi connectivity index (χ3v) is 4.46. The number of fused-ring (bicyclic) bond motifs is 1. The Morgan fingerprint density at radius 2 is 2.04 bits per heavy atom. The van der Waals surface area contributed by atoms with E-state index in [0.717, 1.165) is 29.3 Å². The number of aromatic nitrogens is 6. The number of hydrogen-bond acceptors (Lipinski definition) is 6. The maximum atomic E-state index is 9.15. The van der Waals surface area contributed by atoms with Gasteiger partial charge in [-0.2, -0.15) is 5.10 Å². The summed E-state index contributed by atoms with van der Waals surface area (Å²) in [5, 5.41) is 25.8.